The van der Waals surface area contributed by atoms with Crippen LogP contribution in [0.25, 0.3) is 0 Å². The van der Waals surface area contributed by atoms with Gasteiger partial charge in [-0.1, -0.05) is 19.3 Å². The van der Waals surface area contributed by atoms with Crippen LogP contribution in [0, 0.1) is 0 Å². The number of carboxylic acids is 1. The number of hydrazine groups is 1. The summed E-state index contributed by atoms with van der Waals surface area (Å²) in [6.45, 7) is 0. The van der Waals surface area contributed by atoms with Crippen LogP contribution in [0.5, 0.6) is 0 Å². The molecule has 2 rings (SSSR count). The van der Waals surface area contributed by atoms with E-state index >= 15 is 0 Å². The highest BCUT2D eigenvalue weighted by Crippen LogP contribution is 2.34. The van der Waals surface area contributed by atoms with Gasteiger partial charge in [-0.2, -0.15) is 0 Å². The molecule has 0 radical (unpaired) electrons. The second-order valence-corrected chi connectivity index (χ2v) is 4.61. The minimum absolute atomic E-state index is 0.116. The molecule has 80 valence electrons. The predicted octanol–water partition coefficient (Wildman–Crippen LogP) is 1.03. The first-order chi connectivity index (χ1) is 6.70. The molecule has 1 aliphatic carbocycles. The van der Waals surface area contributed by atoms with E-state index in [9.17, 15) is 4.79 Å². The quantitative estimate of drug-likeness (QED) is 0.620. The topological polar surface area (TPSA) is 61.4 Å². The maximum atomic E-state index is 10.6. The number of carboxylic acid groups (broad SMARTS) is 1. The van der Waals surface area contributed by atoms with Gasteiger partial charge in [-0.05, 0) is 19.3 Å². The Kier molecular flexibility index (Phi) is 2.74. The normalized spacial score (nSPS) is 30.7. The Hall–Kier alpha value is -0.610. The van der Waals surface area contributed by atoms with Crippen molar-refractivity contribution in [2.24, 2.45) is 0 Å². The zero-order valence-corrected chi connectivity index (χ0v) is 8.38. The summed E-state index contributed by atoms with van der Waals surface area (Å²) in [5.41, 5.74) is 6.64. The van der Waals surface area contributed by atoms with Crippen molar-refractivity contribution in [2.75, 3.05) is 0 Å². The first-order valence-corrected chi connectivity index (χ1v) is 5.45. The van der Waals surface area contributed by atoms with Crippen LogP contribution < -0.4 is 10.9 Å². The van der Waals surface area contributed by atoms with Crippen molar-refractivity contribution in [3.8, 4) is 0 Å². The standard InChI is InChI=1S/C10H18N2O2/c13-9(14)6-8-7-10(12-11-8)4-2-1-3-5-10/h8,11-12H,1-7H2,(H,13,14). The van der Waals surface area contributed by atoms with Crippen molar-refractivity contribution >= 4 is 5.97 Å². The third kappa shape index (κ3) is 2.07. The summed E-state index contributed by atoms with van der Waals surface area (Å²) in [6, 6.07) is 0.116. The molecule has 1 atom stereocenters. The summed E-state index contributed by atoms with van der Waals surface area (Å²) in [5.74, 6) is -0.711. The lowest BCUT2D eigenvalue weighted by Gasteiger charge is -2.32. The number of hydrogen-bond donors (Lipinski definition) is 3. The Labute approximate surface area is 84.0 Å². The van der Waals surface area contributed by atoms with Gasteiger partial charge in [0.15, 0.2) is 0 Å². The average molecular weight is 198 g/mol. The van der Waals surface area contributed by atoms with Crippen LogP contribution in [0.2, 0.25) is 0 Å². The zero-order valence-electron chi connectivity index (χ0n) is 8.38. The summed E-state index contributed by atoms with van der Waals surface area (Å²) >= 11 is 0. The van der Waals surface area contributed by atoms with Gasteiger partial charge in [0.1, 0.15) is 0 Å². The van der Waals surface area contributed by atoms with Crippen LogP contribution in [0.1, 0.15) is 44.9 Å². The first-order valence-electron chi connectivity index (χ1n) is 5.45. The van der Waals surface area contributed by atoms with E-state index in [-0.39, 0.29) is 18.0 Å². The van der Waals surface area contributed by atoms with Crippen LogP contribution in [-0.2, 0) is 4.79 Å². The van der Waals surface area contributed by atoms with Crippen molar-refractivity contribution in [2.45, 2.75) is 56.5 Å². The van der Waals surface area contributed by atoms with Gasteiger partial charge in [-0.3, -0.25) is 15.6 Å². The molecule has 4 nitrogen and oxygen atoms in total. The molecule has 0 aromatic carbocycles. The lowest BCUT2D eigenvalue weighted by molar-refractivity contribution is -0.137. The molecule has 1 saturated heterocycles. The smallest absolute Gasteiger partial charge is 0.304 e. The van der Waals surface area contributed by atoms with Gasteiger partial charge in [0.2, 0.25) is 0 Å². The van der Waals surface area contributed by atoms with Crippen LogP contribution in [0.4, 0.5) is 0 Å². The van der Waals surface area contributed by atoms with Crippen LogP contribution in [-0.4, -0.2) is 22.7 Å². The Bertz CT molecular complexity index is 224. The van der Waals surface area contributed by atoms with Gasteiger partial charge in [0.25, 0.3) is 0 Å². The first kappa shape index (κ1) is 9.93. The van der Waals surface area contributed by atoms with Crippen molar-refractivity contribution in [3.63, 3.8) is 0 Å². The third-order valence-electron chi connectivity index (χ3n) is 3.41. The second kappa shape index (κ2) is 3.87. The molecule has 1 saturated carbocycles. The molecular weight excluding hydrogens is 180 g/mol. The highest BCUT2D eigenvalue weighted by Gasteiger charge is 2.39. The fraction of sp³-hybridized carbons (Fsp3) is 0.900. The maximum Gasteiger partial charge on any atom is 0.304 e. The number of nitrogens with one attached hydrogen (secondary N) is 2. The second-order valence-electron chi connectivity index (χ2n) is 4.61. The highest BCUT2D eigenvalue weighted by atomic mass is 16.4. The molecule has 1 spiro atoms. The average Bonchev–Trinajstić information content (AvgIpc) is 2.49. The Morgan fingerprint density at radius 1 is 1.36 bits per heavy atom. The monoisotopic (exact) mass is 198 g/mol. The molecule has 3 N–H and O–H groups in total. The van der Waals surface area contributed by atoms with E-state index in [2.05, 4.69) is 10.9 Å². The Morgan fingerprint density at radius 3 is 2.71 bits per heavy atom. The fourth-order valence-electron chi connectivity index (χ4n) is 2.72. The molecular formula is C10H18N2O2. The molecule has 1 unspecified atom stereocenters. The minimum Gasteiger partial charge on any atom is -0.481 e. The fourth-order valence-corrected chi connectivity index (χ4v) is 2.72. The number of carbonyl (C=O) groups is 1. The number of aliphatic carboxylic acids is 1. The maximum absolute atomic E-state index is 10.6. The Balaban J connectivity index is 1.89. The zero-order chi connectivity index (χ0) is 10.0. The molecule has 14 heavy (non-hydrogen) atoms. The number of rotatable bonds is 2. The van der Waals surface area contributed by atoms with Crippen LogP contribution in [0.3, 0.4) is 0 Å². The molecule has 1 aliphatic heterocycles. The van der Waals surface area contributed by atoms with Gasteiger partial charge in [0, 0.05) is 11.6 Å². The van der Waals surface area contributed by atoms with Gasteiger partial charge < -0.3 is 5.11 Å². The Morgan fingerprint density at radius 2 is 2.07 bits per heavy atom. The molecule has 0 aromatic rings. The van der Waals surface area contributed by atoms with Gasteiger partial charge >= 0.3 is 5.97 Å². The highest BCUT2D eigenvalue weighted by molar-refractivity contribution is 5.67. The summed E-state index contributed by atoms with van der Waals surface area (Å²) in [6.07, 6.45) is 7.45. The molecule has 4 heteroatoms. The predicted molar refractivity (Wildman–Crippen MR) is 52.7 cm³/mol. The van der Waals surface area contributed by atoms with Crippen molar-refractivity contribution in [3.05, 3.63) is 0 Å². The SMILES string of the molecule is O=C(O)CC1CC2(CCCCC2)NN1. The van der Waals surface area contributed by atoms with Crippen molar-refractivity contribution in [1.29, 1.82) is 0 Å². The van der Waals surface area contributed by atoms with Crippen LogP contribution in [0.15, 0.2) is 0 Å². The molecule has 1 heterocycles. The van der Waals surface area contributed by atoms with Crippen molar-refractivity contribution in [1.82, 2.24) is 10.9 Å². The lowest BCUT2D eigenvalue weighted by Crippen LogP contribution is -2.45. The van der Waals surface area contributed by atoms with E-state index in [1.54, 1.807) is 0 Å². The molecule has 0 bridgehead atoms. The summed E-state index contributed by atoms with van der Waals surface area (Å²) in [5, 5.41) is 8.69. The van der Waals surface area contributed by atoms with Crippen molar-refractivity contribution < 1.29 is 9.90 Å². The summed E-state index contributed by atoms with van der Waals surface area (Å²) < 4.78 is 0. The lowest BCUT2D eigenvalue weighted by atomic mass is 9.79. The minimum atomic E-state index is -0.711. The van der Waals surface area contributed by atoms with E-state index in [4.69, 9.17) is 5.11 Å². The molecule has 2 fully saturated rings. The molecule has 0 amide bonds. The summed E-state index contributed by atoms with van der Waals surface area (Å²) in [7, 11) is 0. The van der Waals surface area contributed by atoms with Gasteiger partial charge in [-0.25, -0.2) is 0 Å². The molecule has 0 aromatic heterocycles. The largest absolute Gasteiger partial charge is 0.481 e. The van der Waals surface area contributed by atoms with Gasteiger partial charge in [0.05, 0.1) is 6.42 Å². The van der Waals surface area contributed by atoms with Crippen LogP contribution >= 0.6 is 0 Å². The number of hydrogen-bond acceptors (Lipinski definition) is 3. The van der Waals surface area contributed by atoms with E-state index in [1.807, 2.05) is 0 Å². The van der Waals surface area contributed by atoms with E-state index in [1.165, 1.54) is 32.1 Å². The van der Waals surface area contributed by atoms with E-state index in [0.29, 0.717) is 0 Å². The van der Waals surface area contributed by atoms with E-state index < -0.39 is 5.97 Å². The van der Waals surface area contributed by atoms with E-state index in [0.717, 1.165) is 6.42 Å². The molecule has 2 aliphatic rings. The van der Waals surface area contributed by atoms with Gasteiger partial charge in [-0.15, -0.1) is 0 Å². The third-order valence-corrected chi connectivity index (χ3v) is 3.41. The summed E-state index contributed by atoms with van der Waals surface area (Å²) in [4.78, 5) is 10.6.